The Bertz CT molecular complexity index is 191. The number of amides is 1. The third-order valence-electron chi connectivity index (χ3n) is 1.45. The molecule has 1 aliphatic rings. The Labute approximate surface area is 76.1 Å². The van der Waals surface area contributed by atoms with E-state index in [9.17, 15) is 4.79 Å². The van der Waals surface area contributed by atoms with Gasteiger partial charge in [-0.3, -0.25) is 4.79 Å². The van der Waals surface area contributed by atoms with Crippen LogP contribution >= 0.6 is 24.0 Å². The van der Waals surface area contributed by atoms with Crippen molar-refractivity contribution in [3.63, 3.8) is 0 Å². The predicted molar refractivity (Wildman–Crippen MR) is 51.6 cm³/mol. The van der Waals surface area contributed by atoms with Crippen molar-refractivity contribution in [1.29, 1.82) is 0 Å². The maximum absolute atomic E-state index is 11.1. The van der Waals surface area contributed by atoms with Gasteiger partial charge in [-0.15, -0.1) is 0 Å². The summed E-state index contributed by atoms with van der Waals surface area (Å²) in [6.07, 6.45) is 0.913. The fourth-order valence-electron chi connectivity index (χ4n) is 0.977. The fourth-order valence-corrected chi connectivity index (χ4v) is 2.49. The van der Waals surface area contributed by atoms with Crippen molar-refractivity contribution in [2.75, 3.05) is 0 Å². The number of carbonyl (C=O) groups excluding carboxylic acids is 1. The minimum Gasteiger partial charge on any atom is -0.311 e. The first-order chi connectivity index (χ1) is 5.09. The van der Waals surface area contributed by atoms with Crippen molar-refractivity contribution >= 4 is 34.2 Å². The van der Waals surface area contributed by atoms with Crippen LogP contribution < -0.4 is 5.32 Å². The first kappa shape index (κ1) is 9.00. The largest absolute Gasteiger partial charge is 0.311 e. The second kappa shape index (κ2) is 3.54. The second-order valence-electron chi connectivity index (χ2n) is 3.01. The Morgan fingerprint density at radius 3 is 2.73 bits per heavy atom. The molecule has 0 radical (unpaired) electrons. The summed E-state index contributed by atoms with van der Waals surface area (Å²) < 4.78 is 0.626. The number of hydrogen-bond donors (Lipinski definition) is 1. The van der Waals surface area contributed by atoms with Gasteiger partial charge >= 0.3 is 0 Å². The number of thiocarbonyl (C=S) groups is 1. The Kier molecular flexibility index (Phi) is 2.90. The highest BCUT2D eigenvalue weighted by Gasteiger charge is 2.29. The van der Waals surface area contributed by atoms with Crippen LogP contribution in [0.2, 0.25) is 0 Å². The van der Waals surface area contributed by atoms with Gasteiger partial charge in [0.25, 0.3) is 0 Å². The van der Waals surface area contributed by atoms with Gasteiger partial charge in [0.2, 0.25) is 5.91 Å². The molecule has 0 aromatic rings. The molecule has 62 valence electrons. The Morgan fingerprint density at radius 1 is 1.73 bits per heavy atom. The maximum Gasteiger partial charge on any atom is 0.238 e. The van der Waals surface area contributed by atoms with Crippen molar-refractivity contribution < 1.29 is 4.79 Å². The molecule has 1 fully saturated rings. The topological polar surface area (TPSA) is 29.1 Å². The van der Waals surface area contributed by atoms with Gasteiger partial charge in [0, 0.05) is 0 Å². The third-order valence-corrected chi connectivity index (χ3v) is 2.85. The lowest BCUT2D eigenvalue weighted by Crippen LogP contribution is -2.24. The van der Waals surface area contributed by atoms with Gasteiger partial charge in [-0.05, 0) is 12.3 Å². The molecule has 1 heterocycles. The molecule has 4 heteroatoms. The van der Waals surface area contributed by atoms with Crippen LogP contribution in [0.15, 0.2) is 0 Å². The van der Waals surface area contributed by atoms with E-state index < -0.39 is 0 Å². The summed E-state index contributed by atoms with van der Waals surface area (Å²) in [5.41, 5.74) is 0. The fraction of sp³-hybridized carbons (Fsp3) is 0.714. The van der Waals surface area contributed by atoms with E-state index in [2.05, 4.69) is 19.2 Å². The smallest absolute Gasteiger partial charge is 0.238 e. The molecule has 1 atom stereocenters. The summed E-state index contributed by atoms with van der Waals surface area (Å²) in [6.45, 7) is 4.21. The molecular formula is C7H11NOS2. The zero-order valence-electron chi connectivity index (χ0n) is 6.59. The Hall–Kier alpha value is -0.0900. The summed E-state index contributed by atoms with van der Waals surface area (Å²) in [7, 11) is 0. The van der Waals surface area contributed by atoms with Crippen LogP contribution in [0.25, 0.3) is 0 Å². The number of nitrogens with one attached hydrogen (secondary N) is 1. The van der Waals surface area contributed by atoms with Crippen LogP contribution in [-0.4, -0.2) is 15.5 Å². The highest BCUT2D eigenvalue weighted by atomic mass is 32.2. The standard InChI is InChI=1S/C7H11NOS2/c1-4(2)3-5-6(9)8-7(10)11-5/h4-5H,3H2,1-2H3,(H,8,9,10). The van der Waals surface area contributed by atoms with E-state index in [0.29, 0.717) is 10.2 Å². The first-order valence-electron chi connectivity index (χ1n) is 3.61. The molecule has 1 saturated heterocycles. The molecule has 1 unspecified atom stereocenters. The van der Waals surface area contributed by atoms with Crippen LogP contribution in [0, 0.1) is 5.92 Å². The van der Waals surface area contributed by atoms with E-state index in [1.807, 2.05) is 0 Å². The van der Waals surface area contributed by atoms with E-state index in [1.54, 1.807) is 0 Å². The molecule has 0 bridgehead atoms. The number of carbonyl (C=O) groups is 1. The van der Waals surface area contributed by atoms with Gasteiger partial charge in [-0.2, -0.15) is 0 Å². The first-order valence-corrected chi connectivity index (χ1v) is 4.90. The van der Waals surface area contributed by atoms with Crippen LogP contribution in [0.5, 0.6) is 0 Å². The van der Waals surface area contributed by atoms with Gasteiger partial charge in [-0.25, -0.2) is 0 Å². The van der Waals surface area contributed by atoms with E-state index >= 15 is 0 Å². The third kappa shape index (κ3) is 2.45. The molecule has 0 saturated carbocycles. The second-order valence-corrected chi connectivity index (χ2v) is 4.89. The van der Waals surface area contributed by atoms with Gasteiger partial charge in [0.1, 0.15) is 4.32 Å². The molecule has 1 amide bonds. The quantitative estimate of drug-likeness (QED) is 0.668. The molecule has 2 nitrogen and oxygen atoms in total. The number of hydrogen-bond acceptors (Lipinski definition) is 3. The van der Waals surface area contributed by atoms with Crippen molar-refractivity contribution in [2.45, 2.75) is 25.5 Å². The molecule has 1 rings (SSSR count). The maximum atomic E-state index is 11.1. The minimum atomic E-state index is 0.0579. The average molecular weight is 189 g/mol. The van der Waals surface area contributed by atoms with Crippen molar-refractivity contribution in [2.24, 2.45) is 5.92 Å². The van der Waals surface area contributed by atoms with Crippen LogP contribution in [0.4, 0.5) is 0 Å². The Morgan fingerprint density at radius 2 is 2.36 bits per heavy atom. The van der Waals surface area contributed by atoms with Crippen molar-refractivity contribution in [3.8, 4) is 0 Å². The monoisotopic (exact) mass is 189 g/mol. The summed E-state index contributed by atoms with van der Waals surface area (Å²) in [5, 5.41) is 2.69. The summed E-state index contributed by atoms with van der Waals surface area (Å²) in [6, 6.07) is 0. The van der Waals surface area contributed by atoms with Gasteiger partial charge in [0.05, 0.1) is 5.25 Å². The van der Waals surface area contributed by atoms with E-state index in [1.165, 1.54) is 11.8 Å². The van der Waals surface area contributed by atoms with Crippen LogP contribution in [0.3, 0.4) is 0 Å². The lowest BCUT2D eigenvalue weighted by molar-refractivity contribution is -0.119. The van der Waals surface area contributed by atoms with Crippen molar-refractivity contribution in [3.05, 3.63) is 0 Å². The zero-order valence-corrected chi connectivity index (χ0v) is 8.22. The van der Waals surface area contributed by atoms with Crippen molar-refractivity contribution in [1.82, 2.24) is 5.32 Å². The number of thioether (sulfide) groups is 1. The van der Waals surface area contributed by atoms with Crippen LogP contribution in [-0.2, 0) is 4.79 Å². The van der Waals surface area contributed by atoms with Crippen LogP contribution in [0.1, 0.15) is 20.3 Å². The average Bonchev–Trinajstić information content (AvgIpc) is 2.09. The molecule has 0 aromatic carbocycles. The molecule has 1 aliphatic heterocycles. The highest BCUT2D eigenvalue weighted by molar-refractivity contribution is 8.24. The normalized spacial score (nSPS) is 24.5. The summed E-state index contributed by atoms with van der Waals surface area (Å²) in [5.74, 6) is 0.632. The SMILES string of the molecule is CC(C)CC1SC(=S)NC1=O. The number of rotatable bonds is 2. The summed E-state index contributed by atoms with van der Waals surface area (Å²) >= 11 is 6.33. The van der Waals surface area contributed by atoms with Gasteiger partial charge in [0.15, 0.2) is 0 Å². The lowest BCUT2D eigenvalue weighted by Gasteiger charge is -2.06. The van der Waals surface area contributed by atoms with E-state index in [0.717, 1.165) is 6.42 Å². The van der Waals surface area contributed by atoms with E-state index in [4.69, 9.17) is 12.2 Å². The highest BCUT2D eigenvalue weighted by Crippen LogP contribution is 2.24. The molecule has 11 heavy (non-hydrogen) atoms. The molecular weight excluding hydrogens is 178 g/mol. The Balaban J connectivity index is 2.47. The molecule has 0 aliphatic carbocycles. The van der Waals surface area contributed by atoms with Gasteiger partial charge < -0.3 is 5.32 Å². The molecule has 1 N–H and O–H groups in total. The molecule has 0 aromatic heterocycles. The predicted octanol–water partition coefficient (Wildman–Crippen LogP) is 1.55. The lowest BCUT2D eigenvalue weighted by atomic mass is 10.1. The molecule has 0 spiro atoms. The summed E-state index contributed by atoms with van der Waals surface area (Å²) in [4.78, 5) is 11.1. The minimum absolute atomic E-state index is 0.0579. The van der Waals surface area contributed by atoms with E-state index in [-0.39, 0.29) is 11.2 Å². The van der Waals surface area contributed by atoms with Gasteiger partial charge in [-0.1, -0.05) is 37.8 Å². The zero-order chi connectivity index (χ0) is 8.43.